The van der Waals surface area contributed by atoms with Crippen molar-refractivity contribution >= 4 is 0 Å². The topological polar surface area (TPSA) is 33.3 Å². The predicted molar refractivity (Wildman–Crippen MR) is 77.3 cm³/mol. The van der Waals surface area contributed by atoms with E-state index in [2.05, 4.69) is 36.0 Å². The van der Waals surface area contributed by atoms with E-state index in [1.807, 2.05) is 0 Å². The number of hydrogen-bond donors (Lipinski definition) is 2. The fourth-order valence-electron chi connectivity index (χ4n) is 3.11. The second-order valence-corrected chi connectivity index (χ2v) is 5.90. The van der Waals surface area contributed by atoms with Crippen LogP contribution in [0.15, 0.2) is 18.2 Å². The molecule has 2 N–H and O–H groups in total. The average Bonchev–Trinajstić information content (AvgIpc) is 2.84. The SMILES string of the molecule is CC1CC(CCOc2ccc3c(c2)CCCC3)NN1. The first-order chi connectivity index (χ1) is 9.31. The highest BCUT2D eigenvalue weighted by molar-refractivity contribution is 5.37. The lowest BCUT2D eigenvalue weighted by Gasteiger charge is -2.17. The van der Waals surface area contributed by atoms with Crippen molar-refractivity contribution in [3.63, 3.8) is 0 Å². The third kappa shape index (κ3) is 3.28. The molecular formula is C16H24N2O. The van der Waals surface area contributed by atoms with Gasteiger partial charge >= 0.3 is 0 Å². The Morgan fingerprint density at radius 2 is 2.00 bits per heavy atom. The smallest absolute Gasteiger partial charge is 0.119 e. The monoisotopic (exact) mass is 260 g/mol. The molecule has 0 amide bonds. The first kappa shape index (κ1) is 12.9. The minimum atomic E-state index is 0.549. The quantitative estimate of drug-likeness (QED) is 0.873. The van der Waals surface area contributed by atoms with Crippen molar-refractivity contribution in [2.45, 2.75) is 57.5 Å². The molecule has 0 aromatic heterocycles. The molecule has 3 heteroatoms. The molecule has 1 aromatic rings. The highest BCUT2D eigenvalue weighted by Gasteiger charge is 2.19. The Morgan fingerprint density at radius 3 is 2.79 bits per heavy atom. The molecule has 1 fully saturated rings. The molecule has 2 unspecified atom stereocenters. The summed E-state index contributed by atoms with van der Waals surface area (Å²) in [5.41, 5.74) is 9.59. The number of hydrogen-bond acceptors (Lipinski definition) is 3. The number of ether oxygens (including phenoxy) is 1. The van der Waals surface area contributed by atoms with Gasteiger partial charge in [0.2, 0.25) is 0 Å². The fourth-order valence-corrected chi connectivity index (χ4v) is 3.11. The maximum atomic E-state index is 5.90. The largest absolute Gasteiger partial charge is 0.494 e. The van der Waals surface area contributed by atoms with E-state index in [0.29, 0.717) is 12.1 Å². The van der Waals surface area contributed by atoms with Crippen LogP contribution in [-0.4, -0.2) is 18.7 Å². The van der Waals surface area contributed by atoms with Gasteiger partial charge in [0.15, 0.2) is 0 Å². The standard InChI is InChI=1S/C16H24N2O/c1-12-10-15(18-17-12)8-9-19-16-7-6-13-4-2-3-5-14(13)11-16/h6-7,11-12,15,17-18H,2-5,8-10H2,1H3. The van der Waals surface area contributed by atoms with Crippen LogP contribution in [0.1, 0.15) is 43.7 Å². The van der Waals surface area contributed by atoms with Crippen LogP contribution in [-0.2, 0) is 12.8 Å². The summed E-state index contributed by atoms with van der Waals surface area (Å²) < 4.78 is 5.90. The van der Waals surface area contributed by atoms with Crippen molar-refractivity contribution in [1.29, 1.82) is 0 Å². The van der Waals surface area contributed by atoms with E-state index in [1.54, 1.807) is 0 Å². The molecule has 19 heavy (non-hydrogen) atoms. The first-order valence-electron chi connectivity index (χ1n) is 7.57. The van der Waals surface area contributed by atoms with Gasteiger partial charge in [-0.15, -0.1) is 0 Å². The predicted octanol–water partition coefficient (Wildman–Crippen LogP) is 2.59. The molecule has 0 bridgehead atoms. The Labute approximate surface area is 115 Å². The second-order valence-electron chi connectivity index (χ2n) is 5.90. The van der Waals surface area contributed by atoms with E-state index in [4.69, 9.17) is 4.74 Å². The summed E-state index contributed by atoms with van der Waals surface area (Å²) in [4.78, 5) is 0. The third-order valence-corrected chi connectivity index (χ3v) is 4.23. The van der Waals surface area contributed by atoms with Gasteiger partial charge < -0.3 is 4.74 Å². The van der Waals surface area contributed by atoms with E-state index >= 15 is 0 Å². The summed E-state index contributed by atoms with van der Waals surface area (Å²) in [5, 5.41) is 0. The number of aryl methyl sites for hydroxylation is 2. The van der Waals surface area contributed by atoms with Gasteiger partial charge in [-0.25, -0.2) is 0 Å². The van der Waals surface area contributed by atoms with E-state index in [-0.39, 0.29) is 0 Å². The van der Waals surface area contributed by atoms with E-state index in [1.165, 1.54) is 43.2 Å². The maximum absolute atomic E-state index is 5.90. The summed E-state index contributed by atoms with van der Waals surface area (Å²) in [6.45, 7) is 3.00. The summed E-state index contributed by atoms with van der Waals surface area (Å²) in [6.07, 6.45) is 7.38. The summed E-state index contributed by atoms with van der Waals surface area (Å²) in [7, 11) is 0. The van der Waals surface area contributed by atoms with Gasteiger partial charge in [-0.05, 0) is 68.7 Å². The van der Waals surface area contributed by atoms with E-state index < -0.39 is 0 Å². The van der Waals surface area contributed by atoms with Crippen LogP contribution >= 0.6 is 0 Å². The van der Waals surface area contributed by atoms with Crippen molar-refractivity contribution < 1.29 is 4.74 Å². The van der Waals surface area contributed by atoms with Gasteiger partial charge in [-0.1, -0.05) is 6.07 Å². The Bertz CT molecular complexity index is 433. The molecule has 104 valence electrons. The lowest BCUT2D eigenvalue weighted by Crippen LogP contribution is -2.33. The molecule has 3 nitrogen and oxygen atoms in total. The molecule has 2 atom stereocenters. The number of nitrogens with one attached hydrogen (secondary N) is 2. The molecule has 1 aliphatic carbocycles. The fraction of sp³-hybridized carbons (Fsp3) is 0.625. The molecule has 1 heterocycles. The van der Waals surface area contributed by atoms with Crippen molar-refractivity contribution in [2.75, 3.05) is 6.61 Å². The van der Waals surface area contributed by atoms with Crippen LogP contribution in [0.4, 0.5) is 0 Å². The van der Waals surface area contributed by atoms with Gasteiger partial charge in [0, 0.05) is 12.1 Å². The third-order valence-electron chi connectivity index (χ3n) is 4.23. The van der Waals surface area contributed by atoms with Crippen LogP contribution < -0.4 is 15.6 Å². The Morgan fingerprint density at radius 1 is 1.16 bits per heavy atom. The highest BCUT2D eigenvalue weighted by atomic mass is 16.5. The van der Waals surface area contributed by atoms with Crippen molar-refractivity contribution in [3.05, 3.63) is 29.3 Å². The lowest BCUT2D eigenvalue weighted by molar-refractivity contribution is 0.289. The van der Waals surface area contributed by atoms with Gasteiger partial charge in [0.25, 0.3) is 0 Å². The van der Waals surface area contributed by atoms with Crippen molar-refractivity contribution in [3.8, 4) is 5.75 Å². The van der Waals surface area contributed by atoms with Crippen LogP contribution in [0, 0.1) is 0 Å². The molecule has 3 rings (SSSR count). The first-order valence-corrected chi connectivity index (χ1v) is 7.57. The second kappa shape index (κ2) is 5.93. The number of benzene rings is 1. The highest BCUT2D eigenvalue weighted by Crippen LogP contribution is 2.25. The van der Waals surface area contributed by atoms with Gasteiger partial charge in [-0.2, -0.15) is 0 Å². The number of rotatable bonds is 4. The maximum Gasteiger partial charge on any atom is 0.119 e. The van der Waals surface area contributed by atoms with Crippen molar-refractivity contribution in [2.24, 2.45) is 0 Å². The van der Waals surface area contributed by atoms with E-state index in [9.17, 15) is 0 Å². The van der Waals surface area contributed by atoms with Gasteiger partial charge in [-0.3, -0.25) is 10.9 Å². The van der Waals surface area contributed by atoms with Crippen molar-refractivity contribution in [1.82, 2.24) is 10.9 Å². The summed E-state index contributed by atoms with van der Waals surface area (Å²) in [5.74, 6) is 1.04. The molecule has 1 aromatic carbocycles. The lowest BCUT2D eigenvalue weighted by atomic mass is 9.92. The van der Waals surface area contributed by atoms with Crippen LogP contribution in [0.25, 0.3) is 0 Å². The minimum Gasteiger partial charge on any atom is -0.494 e. The molecule has 2 aliphatic rings. The Kier molecular flexibility index (Phi) is 4.04. The molecular weight excluding hydrogens is 236 g/mol. The molecule has 0 spiro atoms. The number of fused-ring (bicyclic) bond motifs is 1. The molecule has 1 saturated heterocycles. The molecule has 0 radical (unpaired) electrons. The molecule has 0 saturated carbocycles. The van der Waals surface area contributed by atoms with Gasteiger partial charge in [0.05, 0.1) is 6.61 Å². The van der Waals surface area contributed by atoms with Crippen LogP contribution in [0.3, 0.4) is 0 Å². The van der Waals surface area contributed by atoms with Gasteiger partial charge in [0.1, 0.15) is 5.75 Å². The average molecular weight is 260 g/mol. The summed E-state index contributed by atoms with van der Waals surface area (Å²) >= 11 is 0. The Balaban J connectivity index is 1.50. The zero-order valence-electron chi connectivity index (χ0n) is 11.7. The molecule has 1 aliphatic heterocycles. The zero-order chi connectivity index (χ0) is 13.1. The normalized spacial score (nSPS) is 26.2. The van der Waals surface area contributed by atoms with Crippen LogP contribution in [0.5, 0.6) is 5.75 Å². The minimum absolute atomic E-state index is 0.549. The zero-order valence-corrected chi connectivity index (χ0v) is 11.7. The van der Waals surface area contributed by atoms with E-state index in [0.717, 1.165) is 18.8 Å². The van der Waals surface area contributed by atoms with Crippen LogP contribution in [0.2, 0.25) is 0 Å². The summed E-state index contributed by atoms with van der Waals surface area (Å²) in [6, 6.07) is 7.76. The Hall–Kier alpha value is -1.06. The number of hydrazine groups is 1.